The van der Waals surface area contributed by atoms with E-state index in [2.05, 4.69) is 10.4 Å². The van der Waals surface area contributed by atoms with Crippen LogP contribution in [0.2, 0.25) is 0 Å². The van der Waals surface area contributed by atoms with E-state index in [9.17, 15) is 9.59 Å². The zero-order valence-electron chi connectivity index (χ0n) is 18.3. The number of thiophene rings is 1. The molecule has 1 aliphatic rings. The van der Waals surface area contributed by atoms with Crippen molar-refractivity contribution in [2.45, 2.75) is 59.5 Å². The van der Waals surface area contributed by atoms with Crippen molar-refractivity contribution in [3.63, 3.8) is 0 Å². The third-order valence-electron chi connectivity index (χ3n) is 5.46. The molecule has 1 aliphatic carbocycles. The highest BCUT2D eigenvalue weighted by atomic mass is 32.1. The second-order valence-electron chi connectivity index (χ2n) is 8.12. The molecule has 2 heterocycles. The van der Waals surface area contributed by atoms with Crippen molar-refractivity contribution < 1.29 is 14.3 Å². The van der Waals surface area contributed by atoms with Gasteiger partial charge in [0, 0.05) is 4.88 Å². The van der Waals surface area contributed by atoms with Crippen molar-refractivity contribution in [3.05, 3.63) is 63.3 Å². The second-order valence-corrected chi connectivity index (χ2v) is 9.22. The molecule has 0 saturated heterocycles. The van der Waals surface area contributed by atoms with Gasteiger partial charge in [-0.3, -0.25) is 4.79 Å². The number of nitrogens with zero attached hydrogens (tertiary/aromatic N) is 2. The number of amides is 1. The Bertz CT molecular complexity index is 1130. The molecule has 1 N–H and O–H groups in total. The van der Waals surface area contributed by atoms with Crippen molar-refractivity contribution in [1.29, 1.82) is 0 Å². The average molecular weight is 438 g/mol. The Hall–Kier alpha value is -2.93. The van der Waals surface area contributed by atoms with Gasteiger partial charge in [0.1, 0.15) is 5.00 Å². The SMILES string of the molecule is Cc1nn(-c2ccccc2)c(C)c1C(=O)Nc1sc2c(c1C(=O)OC(C)C)CCCC2. The molecule has 0 radical (unpaired) electrons. The van der Waals surface area contributed by atoms with E-state index in [4.69, 9.17) is 4.74 Å². The van der Waals surface area contributed by atoms with Crippen LogP contribution < -0.4 is 5.32 Å². The van der Waals surface area contributed by atoms with Crippen molar-refractivity contribution in [1.82, 2.24) is 9.78 Å². The Morgan fingerprint density at radius 3 is 2.52 bits per heavy atom. The maximum absolute atomic E-state index is 13.3. The van der Waals surface area contributed by atoms with Gasteiger partial charge in [-0.1, -0.05) is 18.2 Å². The van der Waals surface area contributed by atoms with Crippen LogP contribution in [0.3, 0.4) is 0 Å². The molecule has 0 bridgehead atoms. The molecule has 0 aliphatic heterocycles. The summed E-state index contributed by atoms with van der Waals surface area (Å²) in [4.78, 5) is 27.3. The maximum atomic E-state index is 13.3. The third kappa shape index (κ3) is 4.14. The van der Waals surface area contributed by atoms with E-state index >= 15 is 0 Å². The smallest absolute Gasteiger partial charge is 0.341 e. The number of benzene rings is 1. The zero-order valence-corrected chi connectivity index (χ0v) is 19.1. The fourth-order valence-electron chi connectivity index (χ4n) is 4.10. The monoisotopic (exact) mass is 437 g/mol. The predicted molar refractivity (Wildman–Crippen MR) is 123 cm³/mol. The van der Waals surface area contributed by atoms with Crippen LogP contribution in [0, 0.1) is 13.8 Å². The normalized spacial score (nSPS) is 13.2. The molecule has 2 aromatic heterocycles. The van der Waals surface area contributed by atoms with Crippen LogP contribution in [0.4, 0.5) is 5.00 Å². The molecule has 162 valence electrons. The summed E-state index contributed by atoms with van der Waals surface area (Å²) in [5.74, 6) is -0.618. The number of nitrogens with one attached hydrogen (secondary N) is 1. The van der Waals surface area contributed by atoms with E-state index in [0.29, 0.717) is 21.8 Å². The minimum absolute atomic E-state index is 0.219. The standard InChI is InChI=1S/C24H27N3O3S/c1-14(2)30-24(29)21-18-12-8-9-13-19(18)31-23(21)25-22(28)20-15(3)26-27(16(20)4)17-10-6-5-7-11-17/h5-7,10-11,14H,8-9,12-13H2,1-4H3,(H,25,28). The minimum atomic E-state index is -0.363. The number of hydrogen-bond acceptors (Lipinski definition) is 5. The van der Waals surface area contributed by atoms with Crippen LogP contribution in [-0.4, -0.2) is 27.8 Å². The first-order chi connectivity index (χ1) is 14.9. The van der Waals surface area contributed by atoms with Gasteiger partial charge in [0.25, 0.3) is 5.91 Å². The minimum Gasteiger partial charge on any atom is -0.459 e. The number of anilines is 1. The van der Waals surface area contributed by atoms with Crippen LogP contribution in [-0.2, 0) is 17.6 Å². The number of carbonyl (C=O) groups is 2. The molecule has 6 nitrogen and oxygen atoms in total. The molecular formula is C24H27N3O3S. The van der Waals surface area contributed by atoms with E-state index in [1.54, 1.807) is 4.68 Å². The third-order valence-corrected chi connectivity index (χ3v) is 6.67. The van der Waals surface area contributed by atoms with Gasteiger partial charge in [-0.25, -0.2) is 9.48 Å². The Balaban J connectivity index is 1.69. The number of esters is 1. The summed E-state index contributed by atoms with van der Waals surface area (Å²) in [6.07, 6.45) is 3.70. The number of hydrogen-bond donors (Lipinski definition) is 1. The lowest BCUT2D eigenvalue weighted by Gasteiger charge is -2.14. The molecule has 0 atom stereocenters. The van der Waals surface area contributed by atoms with E-state index in [1.807, 2.05) is 58.0 Å². The van der Waals surface area contributed by atoms with Gasteiger partial charge in [0.15, 0.2) is 0 Å². The lowest BCUT2D eigenvalue weighted by molar-refractivity contribution is 0.0378. The largest absolute Gasteiger partial charge is 0.459 e. The van der Waals surface area contributed by atoms with Crippen molar-refractivity contribution in [2.24, 2.45) is 0 Å². The van der Waals surface area contributed by atoms with Crippen molar-refractivity contribution >= 4 is 28.2 Å². The van der Waals surface area contributed by atoms with Gasteiger partial charge in [-0.05, 0) is 71.1 Å². The highest BCUT2D eigenvalue weighted by Gasteiger charge is 2.29. The van der Waals surface area contributed by atoms with Crippen LogP contribution in [0.25, 0.3) is 5.69 Å². The lowest BCUT2D eigenvalue weighted by Crippen LogP contribution is -2.18. The molecule has 31 heavy (non-hydrogen) atoms. The van der Waals surface area contributed by atoms with Gasteiger partial charge in [-0.15, -0.1) is 11.3 Å². The molecule has 0 saturated carbocycles. The zero-order chi connectivity index (χ0) is 22.1. The summed E-state index contributed by atoms with van der Waals surface area (Å²) in [6.45, 7) is 7.38. The number of aromatic nitrogens is 2. The molecule has 0 fully saturated rings. The molecule has 1 amide bonds. The van der Waals surface area contributed by atoms with Gasteiger partial charge < -0.3 is 10.1 Å². The highest BCUT2D eigenvalue weighted by Crippen LogP contribution is 2.39. The van der Waals surface area contributed by atoms with E-state index in [1.165, 1.54) is 16.2 Å². The fourth-order valence-corrected chi connectivity index (χ4v) is 5.37. The topological polar surface area (TPSA) is 73.2 Å². The van der Waals surface area contributed by atoms with Crippen molar-refractivity contribution in [3.8, 4) is 5.69 Å². The number of para-hydroxylation sites is 1. The highest BCUT2D eigenvalue weighted by molar-refractivity contribution is 7.17. The van der Waals surface area contributed by atoms with E-state index < -0.39 is 0 Å². The Kier molecular flexibility index (Phi) is 5.96. The van der Waals surface area contributed by atoms with Gasteiger partial charge in [-0.2, -0.15) is 5.10 Å². The molecule has 0 spiro atoms. The van der Waals surface area contributed by atoms with Crippen LogP contribution >= 0.6 is 11.3 Å². The first-order valence-electron chi connectivity index (χ1n) is 10.6. The Morgan fingerprint density at radius 2 is 1.81 bits per heavy atom. The van der Waals surface area contributed by atoms with E-state index in [0.717, 1.165) is 42.6 Å². The first kappa shape index (κ1) is 21.3. The van der Waals surface area contributed by atoms with E-state index in [-0.39, 0.29) is 18.0 Å². The molecule has 4 rings (SSSR count). The Morgan fingerprint density at radius 1 is 1.10 bits per heavy atom. The van der Waals surface area contributed by atoms with Crippen LogP contribution in [0.1, 0.15) is 69.2 Å². The maximum Gasteiger partial charge on any atom is 0.341 e. The Labute approximate surface area is 186 Å². The quantitative estimate of drug-likeness (QED) is 0.554. The van der Waals surface area contributed by atoms with Crippen molar-refractivity contribution in [2.75, 3.05) is 5.32 Å². The first-order valence-corrected chi connectivity index (χ1v) is 11.5. The number of rotatable bonds is 5. The molecular weight excluding hydrogens is 410 g/mol. The lowest BCUT2D eigenvalue weighted by atomic mass is 9.95. The number of aryl methyl sites for hydroxylation is 2. The van der Waals surface area contributed by atoms with Crippen LogP contribution in [0.5, 0.6) is 0 Å². The molecule has 0 unspecified atom stereocenters. The number of ether oxygens (including phenoxy) is 1. The number of fused-ring (bicyclic) bond motifs is 1. The summed E-state index contributed by atoms with van der Waals surface area (Å²) < 4.78 is 7.27. The summed E-state index contributed by atoms with van der Waals surface area (Å²) in [6, 6.07) is 9.73. The van der Waals surface area contributed by atoms with Crippen LogP contribution in [0.15, 0.2) is 30.3 Å². The summed E-state index contributed by atoms with van der Waals surface area (Å²) in [5.41, 5.74) is 4.38. The predicted octanol–water partition coefficient (Wildman–Crippen LogP) is 5.25. The van der Waals surface area contributed by atoms with Gasteiger partial charge in [0.05, 0.1) is 34.3 Å². The number of carbonyl (C=O) groups excluding carboxylic acids is 2. The second kappa shape index (κ2) is 8.67. The fraction of sp³-hybridized carbons (Fsp3) is 0.375. The summed E-state index contributed by atoms with van der Waals surface area (Å²) >= 11 is 1.50. The molecule has 3 aromatic rings. The summed E-state index contributed by atoms with van der Waals surface area (Å²) in [7, 11) is 0. The van der Waals surface area contributed by atoms with Gasteiger partial charge >= 0.3 is 5.97 Å². The molecule has 7 heteroatoms. The average Bonchev–Trinajstić information content (AvgIpc) is 3.24. The van der Waals surface area contributed by atoms with Gasteiger partial charge in [0.2, 0.25) is 0 Å². The molecule has 1 aromatic carbocycles. The summed E-state index contributed by atoms with van der Waals surface area (Å²) in [5, 5.41) is 8.16.